The topological polar surface area (TPSA) is 49.3 Å². The van der Waals surface area contributed by atoms with Crippen LogP contribution in [0.1, 0.15) is 71.6 Å². The summed E-state index contributed by atoms with van der Waals surface area (Å²) in [5.41, 5.74) is -0.642. The molecule has 0 unspecified atom stereocenters. The first-order valence-electron chi connectivity index (χ1n) is 7.61. The summed E-state index contributed by atoms with van der Waals surface area (Å²) in [7, 11) is 0. The second kappa shape index (κ2) is 7.78. The van der Waals surface area contributed by atoms with Crippen molar-refractivity contribution in [2.24, 2.45) is 5.92 Å². The summed E-state index contributed by atoms with van der Waals surface area (Å²) >= 11 is 0. The first-order chi connectivity index (χ1) is 8.61. The Bertz CT molecular complexity index is 241. The van der Waals surface area contributed by atoms with E-state index in [1.165, 1.54) is 6.42 Å². The minimum absolute atomic E-state index is 0.132. The molecule has 0 aromatic carbocycles. The SMILES string of the molecule is CCCC(CCC)C(=O)NCC1(O)CCCCC1. The third-order valence-corrected chi connectivity index (χ3v) is 4.02. The van der Waals surface area contributed by atoms with E-state index in [4.69, 9.17) is 0 Å². The minimum atomic E-state index is -0.642. The highest BCUT2D eigenvalue weighted by Crippen LogP contribution is 2.27. The van der Waals surface area contributed by atoms with Gasteiger partial charge in [0.2, 0.25) is 5.91 Å². The van der Waals surface area contributed by atoms with Gasteiger partial charge in [-0.05, 0) is 25.7 Å². The van der Waals surface area contributed by atoms with Crippen molar-refractivity contribution in [3.05, 3.63) is 0 Å². The fourth-order valence-corrected chi connectivity index (χ4v) is 2.89. The highest BCUT2D eigenvalue weighted by molar-refractivity contribution is 5.78. The van der Waals surface area contributed by atoms with Crippen molar-refractivity contribution in [2.45, 2.75) is 77.2 Å². The number of hydrogen-bond acceptors (Lipinski definition) is 2. The van der Waals surface area contributed by atoms with E-state index >= 15 is 0 Å². The molecule has 0 saturated heterocycles. The Labute approximate surface area is 111 Å². The van der Waals surface area contributed by atoms with Crippen LogP contribution < -0.4 is 5.32 Å². The molecule has 0 heterocycles. The molecule has 3 heteroatoms. The molecule has 1 aliphatic carbocycles. The Kier molecular flexibility index (Phi) is 6.69. The number of nitrogens with one attached hydrogen (secondary N) is 1. The van der Waals surface area contributed by atoms with E-state index in [0.717, 1.165) is 51.4 Å². The summed E-state index contributed by atoms with van der Waals surface area (Å²) in [6, 6.07) is 0. The predicted molar refractivity (Wildman–Crippen MR) is 74.4 cm³/mol. The molecule has 0 spiro atoms. The van der Waals surface area contributed by atoms with Gasteiger partial charge in [-0.2, -0.15) is 0 Å². The van der Waals surface area contributed by atoms with Gasteiger partial charge in [0, 0.05) is 12.5 Å². The largest absolute Gasteiger partial charge is 0.388 e. The fourth-order valence-electron chi connectivity index (χ4n) is 2.89. The van der Waals surface area contributed by atoms with E-state index in [9.17, 15) is 9.90 Å². The Balaban J connectivity index is 2.37. The molecule has 3 nitrogen and oxygen atoms in total. The van der Waals surface area contributed by atoms with Gasteiger partial charge in [-0.1, -0.05) is 46.0 Å². The highest BCUT2D eigenvalue weighted by atomic mass is 16.3. The number of amides is 1. The lowest BCUT2D eigenvalue weighted by Crippen LogP contribution is -2.45. The van der Waals surface area contributed by atoms with Crippen LogP contribution in [0.2, 0.25) is 0 Å². The fraction of sp³-hybridized carbons (Fsp3) is 0.933. The van der Waals surface area contributed by atoms with Crippen molar-refractivity contribution >= 4 is 5.91 Å². The molecule has 0 aliphatic heterocycles. The smallest absolute Gasteiger partial charge is 0.223 e. The average molecular weight is 255 g/mol. The lowest BCUT2D eigenvalue weighted by Gasteiger charge is -2.32. The van der Waals surface area contributed by atoms with Crippen LogP contribution in [-0.2, 0) is 4.79 Å². The molecule has 1 aliphatic rings. The molecule has 1 amide bonds. The van der Waals surface area contributed by atoms with Gasteiger partial charge in [-0.25, -0.2) is 0 Å². The van der Waals surface area contributed by atoms with Crippen molar-refractivity contribution in [3.63, 3.8) is 0 Å². The Morgan fingerprint density at radius 1 is 1.17 bits per heavy atom. The van der Waals surface area contributed by atoms with Gasteiger partial charge in [-0.3, -0.25) is 4.79 Å². The van der Waals surface area contributed by atoms with Gasteiger partial charge >= 0.3 is 0 Å². The lowest BCUT2D eigenvalue weighted by atomic mass is 9.84. The molecule has 106 valence electrons. The zero-order valence-corrected chi connectivity index (χ0v) is 12.0. The van der Waals surface area contributed by atoms with Crippen LogP contribution in [0, 0.1) is 5.92 Å². The summed E-state index contributed by atoms with van der Waals surface area (Å²) in [6.45, 7) is 4.67. The molecule has 2 N–H and O–H groups in total. The zero-order chi connectivity index (χ0) is 13.4. The first kappa shape index (κ1) is 15.5. The van der Waals surface area contributed by atoms with Crippen molar-refractivity contribution in [2.75, 3.05) is 6.54 Å². The number of aliphatic hydroxyl groups is 1. The molecular formula is C15H29NO2. The van der Waals surface area contributed by atoms with Gasteiger partial charge in [-0.15, -0.1) is 0 Å². The Morgan fingerprint density at radius 2 is 1.72 bits per heavy atom. The second-order valence-corrected chi connectivity index (χ2v) is 5.78. The van der Waals surface area contributed by atoms with E-state index in [1.54, 1.807) is 0 Å². The van der Waals surface area contributed by atoms with Crippen LogP contribution in [0.3, 0.4) is 0 Å². The van der Waals surface area contributed by atoms with Gasteiger partial charge in [0.05, 0.1) is 5.60 Å². The number of carbonyl (C=O) groups excluding carboxylic acids is 1. The summed E-state index contributed by atoms with van der Waals surface area (Å²) in [5.74, 6) is 0.268. The van der Waals surface area contributed by atoms with E-state index in [2.05, 4.69) is 19.2 Å². The number of carbonyl (C=O) groups is 1. The molecule has 0 aromatic heterocycles. The average Bonchev–Trinajstić information content (AvgIpc) is 2.37. The maximum absolute atomic E-state index is 12.1. The summed E-state index contributed by atoms with van der Waals surface area (Å²) in [5, 5.41) is 13.3. The molecule has 1 saturated carbocycles. The minimum Gasteiger partial charge on any atom is -0.388 e. The second-order valence-electron chi connectivity index (χ2n) is 5.78. The molecule has 0 aromatic rings. The Hall–Kier alpha value is -0.570. The van der Waals surface area contributed by atoms with Crippen LogP contribution >= 0.6 is 0 Å². The highest BCUT2D eigenvalue weighted by Gasteiger charge is 2.30. The van der Waals surface area contributed by atoms with Gasteiger partial charge in [0.15, 0.2) is 0 Å². The van der Waals surface area contributed by atoms with Crippen molar-refractivity contribution in [1.29, 1.82) is 0 Å². The van der Waals surface area contributed by atoms with E-state index in [1.807, 2.05) is 0 Å². The standard InChI is InChI=1S/C15H29NO2/c1-3-8-13(9-4-2)14(17)16-12-15(18)10-6-5-7-11-15/h13,18H,3-12H2,1-2H3,(H,16,17). The normalized spacial score (nSPS) is 18.9. The van der Waals surface area contributed by atoms with Gasteiger partial charge < -0.3 is 10.4 Å². The molecule has 0 bridgehead atoms. The molecule has 0 atom stereocenters. The van der Waals surface area contributed by atoms with E-state index in [-0.39, 0.29) is 11.8 Å². The maximum Gasteiger partial charge on any atom is 0.223 e. The molecular weight excluding hydrogens is 226 g/mol. The third-order valence-electron chi connectivity index (χ3n) is 4.02. The zero-order valence-electron chi connectivity index (χ0n) is 12.0. The van der Waals surface area contributed by atoms with E-state index < -0.39 is 5.60 Å². The number of rotatable bonds is 7. The van der Waals surface area contributed by atoms with Crippen LogP contribution in [0.15, 0.2) is 0 Å². The summed E-state index contributed by atoms with van der Waals surface area (Å²) in [6.07, 6.45) is 9.05. The molecule has 18 heavy (non-hydrogen) atoms. The van der Waals surface area contributed by atoms with E-state index in [0.29, 0.717) is 6.54 Å². The summed E-state index contributed by atoms with van der Waals surface area (Å²) < 4.78 is 0. The first-order valence-corrected chi connectivity index (χ1v) is 7.61. The third kappa shape index (κ3) is 4.97. The molecule has 1 fully saturated rings. The van der Waals surface area contributed by atoms with Gasteiger partial charge in [0.1, 0.15) is 0 Å². The lowest BCUT2D eigenvalue weighted by molar-refractivity contribution is -0.127. The van der Waals surface area contributed by atoms with Crippen LogP contribution in [0.4, 0.5) is 0 Å². The predicted octanol–water partition coefficient (Wildman–Crippen LogP) is 3.01. The maximum atomic E-state index is 12.1. The van der Waals surface area contributed by atoms with Crippen LogP contribution in [-0.4, -0.2) is 23.2 Å². The monoisotopic (exact) mass is 255 g/mol. The van der Waals surface area contributed by atoms with Crippen molar-refractivity contribution in [1.82, 2.24) is 5.32 Å². The quantitative estimate of drug-likeness (QED) is 0.734. The van der Waals surface area contributed by atoms with Gasteiger partial charge in [0.25, 0.3) is 0 Å². The van der Waals surface area contributed by atoms with Crippen molar-refractivity contribution in [3.8, 4) is 0 Å². The number of hydrogen-bond donors (Lipinski definition) is 2. The van der Waals surface area contributed by atoms with Crippen LogP contribution in [0.5, 0.6) is 0 Å². The van der Waals surface area contributed by atoms with Crippen LogP contribution in [0.25, 0.3) is 0 Å². The summed E-state index contributed by atoms with van der Waals surface area (Å²) in [4.78, 5) is 12.1. The van der Waals surface area contributed by atoms with Crippen molar-refractivity contribution < 1.29 is 9.90 Å². The molecule has 1 rings (SSSR count). The Morgan fingerprint density at radius 3 is 2.22 bits per heavy atom. The molecule has 0 radical (unpaired) electrons.